The first kappa shape index (κ1) is 23.9. The fourth-order valence-electron chi connectivity index (χ4n) is 3.03. The van der Waals surface area contributed by atoms with Crippen molar-refractivity contribution in [3.8, 4) is 0 Å². The smallest absolute Gasteiger partial charge is 0.243 e. The summed E-state index contributed by atoms with van der Waals surface area (Å²) in [4.78, 5) is 27.3. The van der Waals surface area contributed by atoms with Crippen molar-refractivity contribution in [3.63, 3.8) is 0 Å². The van der Waals surface area contributed by atoms with Crippen LogP contribution in [-0.2, 0) is 21.9 Å². The van der Waals surface area contributed by atoms with Gasteiger partial charge in [-0.25, -0.2) is 8.78 Å². The molecule has 7 heteroatoms. The Morgan fingerprint density at radius 1 is 1.07 bits per heavy atom. The normalized spacial score (nSPS) is 11.9. The van der Waals surface area contributed by atoms with E-state index in [4.69, 9.17) is 0 Å². The van der Waals surface area contributed by atoms with E-state index in [0.717, 1.165) is 5.56 Å². The maximum atomic E-state index is 13.8. The zero-order valence-corrected chi connectivity index (χ0v) is 18.3. The summed E-state index contributed by atoms with van der Waals surface area (Å²) in [5.41, 5.74) is 1.27. The van der Waals surface area contributed by atoms with Crippen LogP contribution in [0, 0.1) is 11.6 Å². The van der Waals surface area contributed by atoms with Crippen LogP contribution in [0.2, 0.25) is 0 Å². The van der Waals surface area contributed by atoms with Crippen LogP contribution in [0.4, 0.5) is 8.78 Å². The summed E-state index contributed by atoms with van der Waals surface area (Å²) >= 11 is 1.30. The lowest BCUT2D eigenvalue weighted by Gasteiger charge is -2.31. The summed E-state index contributed by atoms with van der Waals surface area (Å²) in [5.74, 6) is -0.628. The summed E-state index contributed by atoms with van der Waals surface area (Å²) < 4.78 is 27.1. The number of carbonyl (C=O) groups is 2. The molecule has 30 heavy (non-hydrogen) atoms. The molecule has 2 aromatic carbocycles. The van der Waals surface area contributed by atoms with Gasteiger partial charge in [0.2, 0.25) is 11.8 Å². The van der Waals surface area contributed by atoms with Gasteiger partial charge < -0.3 is 10.2 Å². The number of rotatable bonds is 10. The first-order valence-corrected chi connectivity index (χ1v) is 11.1. The highest BCUT2D eigenvalue weighted by atomic mass is 32.2. The molecule has 4 nitrogen and oxygen atoms in total. The number of hydrogen-bond donors (Lipinski definition) is 1. The third-order valence-electron chi connectivity index (χ3n) is 4.52. The molecule has 2 rings (SSSR count). The minimum atomic E-state index is -0.640. The average Bonchev–Trinajstić information content (AvgIpc) is 2.70. The van der Waals surface area contributed by atoms with E-state index in [1.165, 1.54) is 34.9 Å². The van der Waals surface area contributed by atoms with Crippen molar-refractivity contribution in [2.45, 2.75) is 51.6 Å². The lowest BCUT2D eigenvalue weighted by molar-refractivity contribution is -0.139. The highest BCUT2D eigenvalue weighted by Gasteiger charge is 2.28. The molecular formula is C23H28F2N2O2S. The van der Waals surface area contributed by atoms with E-state index in [9.17, 15) is 18.4 Å². The van der Waals surface area contributed by atoms with E-state index in [1.54, 1.807) is 30.3 Å². The quantitative estimate of drug-likeness (QED) is 0.598. The predicted molar refractivity (Wildman–Crippen MR) is 117 cm³/mol. The fraction of sp³-hybridized carbons (Fsp3) is 0.391. The largest absolute Gasteiger partial charge is 0.352 e. The number of thioether (sulfide) groups is 1. The summed E-state index contributed by atoms with van der Waals surface area (Å²) in [5, 5.41) is 2.86. The van der Waals surface area contributed by atoms with Gasteiger partial charge in [0, 0.05) is 18.3 Å². The summed E-state index contributed by atoms with van der Waals surface area (Å²) in [7, 11) is 0. The van der Waals surface area contributed by atoms with E-state index in [0.29, 0.717) is 17.7 Å². The van der Waals surface area contributed by atoms with Crippen LogP contribution in [0.3, 0.4) is 0 Å². The molecule has 0 heterocycles. The molecular weight excluding hydrogens is 406 g/mol. The first-order valence-electron chi connectivity index (χ1n) is 9.97. The molecule has 0 aromatic heterocycles. The SMILES string of the molecule is CC[C@H](C(=O)NC(C)C)N(Cc1ccc(F)cc1)C(=O)CSCc1ccccc1F. The topological polar surface area (TPSA) is 49.4 Å². The van der Waals surface area contributed by atoms with E-state index in [2.05, 4.69) is 5.32 Å². The zero-order valence-electron chi connectivity index (χ0n) is 17.5. The van der Waals surface area contributed by atoms with Crippen LogP contribution < -0.4 is 5.32 Å². The lowest BCUT2D eigenvalue weighted by atomic mass is 10.1. The van der Waals surface area contributed by atoms with Gasteiger partial charge in [0.25, 0.3) is 0 Å². The van der Waals surface area contributed by atoms with Crippen LogP contribution in [0.1, 0.15) is 38.3 Å². The van der Waals surface area contributed by atoms with Gasteiger partial charge in [0.15, 0.2) is 0 Å². The Kier molecular flexibility index (Phi) is 9.30. The number of hydrogen-bond acceptors (Lipinski definition) is 3. The second kappa shape index (κ2) is 11.7. The first-order chi connectivity index (χ1) is 14.3. The number of carbonyl (C=O) groups excluding carboxylic acids is 2. The Hall–Kier alpha value is -2.41. The van der Waals surface area contributed by atoms with Gasteiger partial charge in [0.05, 0.1) is 5.75 Å². The molecule has 0 saturated carbocycles. The van der Waals surface area contributed by atoms with E-state index >= 15 is 0 Å². The number of benzene rings is 2. The molecule has 1 N–H and O–H groups in total. The summed E-state index contributed by atoms with van der Waals surface area (Å²) in [6.45, 7) is 5.77. The number of nitrogens with one attached hydrogen (secondary N) is 1. The third kappa shape index (κ3) is 7.13. The summed E-state index contributed by atoms with van der Waals surface area (Å²) in [6.07, 6.45) is 0.448. The second-order valence-electron chi connectivity index (χ2n) is 7.32. The van der Waals surface area contributed by atoms with Crippen LogP contribution in [-0.4, -0.2) is 34.6 Å². The second-order valence-corrected chi connectivity index (χ2v) is 8.31. The molecule has 0 bridgehead atoms. The van der Waals surface area contributed by atoms with Crippen molar-refractivity contribution in [3.05, 3.63) is 71.3 Å². The minimum absolute atomic E-state index is 0.0512. The molecule has 0 unspecified atom stereocenters. The molecule has 0 spiro atoms. The molecule has 2 amide bonds. The molecule has 1 atom stereocenters. The molecule has 2 aromatic rings. The maximum absolute atomic E-state index is 13.8. The zero-order chi connectivity index (χ0) is 22.1. The Bertz CT molecular complexity index is 843. The number of halogens is 2. The molecule has 162 valence electrons. The third-order valence-corrected chi connectivity index (χ3v) is 5.49. The van der Waals surface area contributed by atoms with Gasteiger partial charge in [-0.15, -0.1) is 11.8 Å². The minimum Gasteiger partial charge on any atom is -0.352 e. The molecule has 0 aliphatic rings. The van der Waals surface area contributed by atoms with Gasteiger partial charge in [-0.1, -0.05) is 37.3 Å². The highest BCUT2D eigenvalue weighted by Crippen LogP contribution is 2.19. The molecule has 0 aliphatic heterocycles. The number of nitrogens with zero attached hydrogens (tertiary/aromatic N) is 1. The Morgan fingerprint density at radius 2 is 1.73 bits per heavy atom. The highest BCUT2D eigenvalue weighted by molar-refractivity contribution is 7.99. The molecule has 0 radical (unpaired) electrons. The fourth-order valence-corrected chi connectivity index (χ4v) is 3.93. The van der Waals surface area contributed by atoms with Crippen molar-refractivity contribution in [1.82, 2.24) is 10.2 Å². The van der Waals surface area contributed by atoms with Gasteiger partial charge >= 0.3 is 0 Å². The van der Waals surface area contributed by atoms with Crippen LogP contribution >= 0.6 is 11.8 Å². The van der Waals surface area contributed by atoms with E-state index in [1.807, 2.05) is 20.8 Å². The van der Waals surface area contributed by atoms with Crippen molar-refractivity contribution in [1.29, 1.82) is 0 Å². The summed E-state index contributed by atoms with van der Waals surface area (Å²) in [6, 6.07) is 11.6. The van der Waals surface area contributed by atoms with Gasteiger partial charge in [-0.05, 0) is 49.6 Å². The van der Waals surface area contributed by atoms with Crippen LogP contribution in [0.25, 0.3) is 0 Å². The maximum Gasteiger partial charge on any atom is 0.243 e. The Morgan fingerprint density at radius 3 is 2.33 bits per heavy atom. The Labute approximate surface area is 181 Å². The lowest BCUT2D eigenvalue weighted by Crippen LogP contribution is -2.50. The standard InChI is InChI=1S/C23H28F2N2O2S/c1-4-21(23(29)26-16(2)3)27(13-17-9-11-19(24)12-10-17)22(28)15-30-14-18-7-5-6-8-20(18)25/h5-12,16,21H,4,13-15H2,1-3H3,(H,26,29)/t21-/m1/s1. The van der Waals surface area contributed by atoms with E-state index < -0.39 is 6.04 Å². The molecule has 0 saturated heterocycles. The Balaban J connectivity index is 2.13. The van der Waals surface area contributed by atoms with Crippen molar-refractivity contribution in [2.24, 2.45) is 0 Å². The number of amides is 2. The van der Waals surface area contributed by atoms with Gasteiger partial charge in [0.1, 0.15) is 17.7 Å². The molecule has 0 fully saturated rings. The predicted octanol–water partition coefficient (Wildman–Crippen LogP) is 4.53. The van der Waals surface area contributed by atoms with Crippen molar-refractivity contribution in [2.75, 3.05) is 5.75 Å². The monoisotopic (exact) mass is 434 g/mol. The van der Waals surface area contributed by atoms with Gasteiger partial charge in [-0.3, -0.25) is 9.59 Å². The van der Waals surface area contributed by atoms with E-state index in [-0.39, 0.29) is 41.8 Å². The van der Waals surface area contributed by atoms with Crippen molar-refractivity contribution >= 4 is 23.6 Å². The van der Waals surface area contributed by atoms with Crippen molar-refractivity contribution < 1.29 is 18.4 Å². The van der Waals surface area contributed by atoms with Crippen LogP contribution in [0.15, 0.2) is 48.5 Å². The molecule has 0 aliphatic carbocycles. The average molecular weight is 435 g/mol. The van der Waals surface area contributed by atoms with Crippen LogP contribution in [0.5, 0.6) is 0 Å². The van der Waals surface area contributed by atoms with Gasteiger partial charge in [-0.2, -0.15) is 0 Å².